The number of rotatable bonds is 5. The van der Waals surface area contributed by atoms with E-state index in [1.54, 1.807) is 6.33 Å². The second-order valence-corrected chi connectivity index (χ2v) is 5.91. The molecule has 1 heterocycles. The summed E-state index contributed by atoms with van der Waals surface area (Å²) in [6.07, 6.45) is 2.25. The quantitative estimate of drug-likeness (QED) is 0.826. The van der Waals surface area contributed by atoms with E-state index in [-0.39, 0.29) is 5.78 Å². The van der Waals surface area contributed by atoms with Gasteiger partial charge in [-0.1, -0.05) is 13.8 Å². The predicted octanol–water partition coefficient (Wildman–Crippen LogP) is 3.28. The Kier molecular flexibility index (Phi) is 3.84. The molecule has 2 aromatic rings. The van der Waals surface area contributed by atoms with Crippen molar-refractivity contribution in [3.8, 4) is 0 Å². The maximum absolute atomic E-state index is 11.9. The molecule has 1 aromatic heterocycles. The Morgan fingerprint density at radius 1 is 1.47 bits per heavy atom. The number of Topliss-reactive ketones (excluding diaryl/α,β-unsaturated/α-hetero) is 1. The molecule has 4 heteroatoms. The van der Waals surface area contributed by atoms with E-state index in [4.69, 9.17) is 0 Å². The van der Waals surface area contributed by atoms with Crippen molar-refractivity contribution < 1.29 is 4.79 Å². The highest BCUT2D eigenvalue weighted by Crippen LogP contribution is 2.16. The van der Waals surface area contributed by atoms with E-state index in [1.807, 2.05) is 30.0 Å². The number of nitrogens with one attached hydrogen (secondary N) is 1. The molecule has 0 unspecified atom stereocenters. The van der Waals surface area contributed by atoms with Crippen molar-refractivity contribution in [2.75, 3.05) is 5.75 Å². The number of benzene rings is 1. The van der Waals surface area contributed by atoms with Crippen LogP contribution in [0.4, 0.5) is 0 Å². The number of aromatic nitrogens is 2. The Labute approximate surface area is 105 Å². The summed E-state index contributed by atoms with van der Waals surface area (Å²) in [5, 5.41) is 0.581. The fourth-order valence-corrected chi connectivity index (χ4v) is 2.42. The minimum atomic E-state index is 0.203. The van der Waals surface area contributed by atoms with E-state index in [9.17, 15) is 4.79 Å². The fraction of sp³-hybridized carbons (Fsp3) is 0.385. The summed E-state index contributed by atoms with van der Waals surface area (Å²) in [5.74, 6) is 1.09. The summed E-state index contributed by atoms with van der Waals surface area (Å²) >= 11 is 1.82. The van der Waals surface area contributed by atoms with Gasteiger partial charge in [-0.05, 0) is 23.4 Å². The number of hydrogen-bond acceptors (Lipinski definition) is 3. The van der Waals surface area contributed by atoms with Gasteiger partial charge in [-0.15, -0.1) is 0 Å². The zero-order valence-corrected chi connectivity index (χ0v) is 10.9. The molecule has 17 heavy (non-hydrogen) atoms. The second kappa shape index (κ2) is 5.36. The van der Waals surface area contributed by atoms with Crippen molar-refractivity contribution >= 4 is 28.6 Å². The summed E-state index contributed by atoms with van der Waals surface area (Å²) in [6, 6.07) is 5.62. The third-order valence-corrected chi connectivity index (χ3v) is 3.63. The molecule has 0 amide bonds. The number of H-pyrrole nitrogens is 1. The summed E-state index contributed by atoms with van der Waals surface area (Å²) in [7, 11) is 0. The molecule has 2 rings (SSSR count). The molecule has 0 atom stereocenters. The van der Waals surface area contributed by atoms with Crippen LogP contribution in [-0.2, 0) is 0 Å². The maximum Gasteiger partial charge on any atom is 0.163 e. The number of carbonyl (C=O) groups is 1. The van der Waals surface area contributed by atoms with E-state index in [1.165, 1.54) is 0 Å². The monoisotopic (exact) mass is 248 g/mol. The van der Waals surface area contributed by atoms with Crippen LogP contribution in [0.25, 0.3) is 11.0 Å². The van der Waals surface area contributed by atoms with Crippen LogP contribution in [0.1, 0.15) is 30.6 Å². The standard InChI is InChI=1S/C13H16N2OS/c1-9(2)17-6-5-13(16)10-3-4-11-12(7-10)15-8-14-11/h3-4,7-9H,5-6H2,1-2H3,(H,14,15). The van der Waals surface area contributed by atoms with Crippen molar-refractivity contribution in [3.63, 3.8) is 0 Å². The molecule has 0 radical (unpaired) electrons. The molecular weight excluding hydrogens is 232 g/mol. The topological polar surface area (TPSA) is 45.8 Å². The van der Waals surface area contributed by atoms with E-state index in [2.05, 4.69) is 23.8 Å². The maximum atomic E-state index is 11.9. The van der Waals surface area contributed by atoms with E-state index in [0.717, 1.165) is 22.3 Å². The molecule has 0 bridgehead atoms. The van der Waals surface area contributed by atoms with Crippen molar-refractivity contribution in [1.29, 1.82) is 0 Å². The molecule has 0 aliphatic rings. The number of fused-ring (bicyclic) bond motifs is 1. The molecule has 0 spiro atoms. The van der Waals surface area contributed by atoms with Gasteiger partial charge in [-0.25, -0.2) is 4.98 Å². The van der Waals surface area contributed by atoms with Crippen LogP contribution in [0, 0.1) is 0 Å². The van der Waals surface area contributed by atoms with Gasteiger partial charge >= 0.3 is 0 Å². The Morgan fingerprint density at radius 3 is 3.06 bits per heavy atom. The molecule has 0 fully saturated rings. The number of nitrogens with zero attached hydrogens (tertiary/aromatic N) is 1. The lowest BCUT2D eigenvalue weighted by molar-refractivity contribution is 0.0989. The molecule has 0 aliphatic carbocycles. The first-order valence-corrected chi connectivity index (χ1v) is 6.79. The molecule has 90 valence electrons. The van der Waals surface area contributed by atoms with E-state index in [0.29, 0.717) is 11.7 Å². The van der Waals surface area contributed by atoms with Gasteiger partial charge in [0, 0.05) is 17.7 Å². The first kappa shape index (κ1) is 12.2. The first-order chi connectivity index (χ1) is 8.16. The van der Waals surface area contributed by atoms with Crippen LogP contribution in [0.2, 0.25) is 0 Å². The van der Waals surface area contributed by atoms with Gasteiger partial charge in [0.05, 0.1) is 17.4 Å². The average molecular weight is 248 g/mol. The number of ketones is 1. The van der Waals surface area contributed by atoms with E-state index >= 15 is 0 Å². The van der Waals surface area contributed by atoms with Gasteiger partial charge in [-0.3, -0.25) is 4.79 Å². The highest BCUT2D eigenvalue weighted by molar-refractivity contribution is 7.99. The third kappa shape index (κ3) is 3.09. The number of hydrogen-bond donors (Lipinski definition) is 1. The van der Waals surface area contributed by atoms with Crippen LogP contribution >= 0.6 is 11.8 Å². The largest absolute Gasteiger partial charge is 0.345 e. The van der Waals surface area contributed by atoms with Gasteiger partial charge < -0.3 is 4.98 Å². The second-order valence-electron chi connectivity index (χ2n) is 4.23. The minimum Gasteiger partial charge on any atom is -0.345 e. The van der Waals surface area contributed by atoms with E-state index < -0.39 is 0 Å². The fourth-order valence-electron chi connectivity index (χ4n) is 1.64. The van der Waals surface area contributed by atoms with Crippen LogP contribution in [0.5, 0.6) is 0 Å². The summed E-state index contributed by atoms with van der Waals surface area (Å²) in [6.45, 7) is 4.29. The van der Waals surface area contributed by atoms with Gasteiger partial charge in [0.2, 0.25) is 0 Å². The zero-order chi connectivity index (χ0) is 12.3. The molecule has 3 nitrogen and oxygen atoms in total. The van der Waals surface area contributed by atoms with Crippen molar-refractivity contribution in [3.05, 3.63) is 30.1 Å². The molecule has 0 aliphatic heterocycles. The van der Waals surface area contributed by atoms with Gasteiger partial charge in [0.25, 0.3) is 0 Å². The number of imidazole rings is 1. The smallest absolute Gasteiger partial charge is 0.163 e. The Bertz CT molecular complexity index is 519. The SMILES string of the molecule is CC(C)SCCC(=O)c1ccc2nc[nH]c2c1. The van der Waals surface area contributed by atoms with Gasteiger partial charge in [0.1, 0.15) is 0 Å². The minimum absolute atomic E-state index is 0.203. The summed E-state index contributed by atoms with van der Waals surface area (Å²) < 4.78 is 0. The van der Waals surface area contributed by atoms with Crippen LogP contribution in [0.15, 0.2) is 24.5 Å². The lowest BCUT2D eigenvalue weighted by atomic mass is 10.1. The average Bonchev–Trinajstić information content (AvgIpc) is 2.75. The Balaban J connectivity index is 2.03. The van der Waals surface area contributed by atoms with Crippen molar-refractivity contribution in [2.24, 2.45) is 0 Å². The predicted molar refractivity (Wildman–Crippen MR) is 72.6 cm³/mol. The summed E-state index contributed by atoms with van der Waals surface area (Å²) in [4.78, 5) is 19.1. The Morgan fingerprint density at radius 2 is 2.29 bits per heavy atom. The molecular formula is C13H16N2OS. The summed E-state index contributed by atoms with van der Waals surface area (Å²) in [5.41, 5.74) is 2.59. The number of carbonyl (C=O) groups excluding carboxylic acids is 1. The van der Waals surface area contributed by atoms with Gasteiger partial charge in [0.15, 0.2) is 5.78 Å². The van der Waals surface area contributed by atoms with Crippen LogP contribution in [-0.4, -0.2) is 26.8 Å². The molecule has 1 N–H and O–H groups in total. The number of aromatic amines is 1. The normalized spacial score (nSPS) is 11.2. The number of thioether (sulfide) groups is 1. The van der Waals surface area contributed by atoms with Gasteiger partial charge in [-0.2, -0.15) is 11.8 Å². The molecule has 1 aromatic carbocycles. The van der Waals surface area contributed by atoms with Crippen molar-refractivity contribution in [1.82, 2.24) is 9.97 Å². The van der Waals surface area contributed by atoms with Crippen LogP contribution in [0.3, 0.4) is 0 Å². The van der Waals surface area contributed by atoms with Crippen molar-refractivity contribution in [2.45, 2.75) is 25.5 Å². The lowest BCUT2D eigenvalue weighted by Crippen LogP contribution is -2.02. The third-order valence-electron chi connectivity index (χ3n) is 2.52. The molecule has 0 saturated carbocycles. The Hall–Kier alpha value is -1.29. The first-order valence-electron chi connectivity index (χ1n) is 5.75. The van der Waals surface area contributed by atoms with Crippen LogP contribution < -0.4 is 0 Å². The molecule has 0 saturated heterocycles. The highest BCUT2D eigenvalue weighted by atomic mass is 32.2. The highest BCUT2D eigenvalue weighted by Gasteiger charge is 2.07. The lowest BCUT2D eigenvalue weighted by Gasteiger charge is -2.04. The zero-order valence-electron chi connectivity index (χ0n) is 10.1.